The van der Waals surface area contributed by atoms with Crippen molar-refractivity contribution in [1.29, 1.82) is 0 Å². The fourth-order valence-corrected chi connectivity index (χ4v) is 6.74. The van der Waals surface area contributed by atoms with Gasteiger partial charge in [-0.3, -0.25) is 4.79 Å². The fraction of sp³-hybridized carbons (Fsp3) is 0.391. The minimum Gasteiger partial charge on any atom is -0.495 e. The smallest absolute Gasteiger partial charge is 0.279 e. The maximum absolute atomic E-state index is 13.0. The predicted octanol–water partition coefficient (Wildman–Crippen LogP) is 3.27. The molecule has 0 N–H and O–H groups in total. The first kappa shape index (κ1) is 23.6. The molecule has 3 aromatic rings. The van der Waals surface area contributed by atoms with Gasteiger partial charge in [-0.15, -0.1) is 0 Å². The molecule has 10 heteroatoms. The molecule has 2 aromatic carbocycles. The molecule has 0 unspecified atom stereocenters. The lowest BCUT2D eigenvalue weighted by Gasteiger charge is -2.34. The summed E-state index contributed by atoms with van der Waals surface area (Å²) in [6, 6.07) is 11.7. The lowest BCUT2D eigenvalue weighted by molar-refractivity contribution is -0.0440. The number of benzene rings is 2. The Labute approximate surface area is 197 Å². The molecule has 0 radical (unpaired) electrons. The molecular formula is C23H27N3O5S2. The number of methoxy groups -OCH3 is 1. The Hall–Kier alpha value is -2.53. The molecule has 176 valence electrons. The molecule has 33 heavy (non-hydrogen) atoms. The minimum absolute atomic E-state index is 0.149. The molecule has 1 amide bonds. The summed E-state index contributed by atoms with van der Waals surface area (Å²) in [7, 11) is -2.06. The van der Waals surface area contributed by atoms with Crippen LogP contribution in [-0.4, -0.2) is 55.6 Å². The van der Waals surface area contributed by atoms with E-state index >= 15 is 0 Å². The highest BCUT2D eigenvalue weighted by Crippen LogP contribution is 2.27. The number of para-hydroxylation sites is 1. The van der Waals surface area contributed by atoms with Crippen LogP contribution in [0.2, 0.25) is 0 Å². The normalized spacial score (nSPS) is 20.3. The number of aromatic nitrogens is 1. The van der Waals surface area contributed by atoms with Gasteiger partial charge in [0.2, 0.25) is 10.0 Å². The summed E-state index contributed by atoms with van der Waals surface area (Å²) < 4.78 is 41.5. The van der Waals surface area contributed by atoms with Gasteiger partial charge in [-0.05, 0) is 57.2 Å². The number of fused-ring (bicyclic) bond motifs is 1. The van der Waals surface area contributed by atoms with Gasteiger partial charge in [-0.25, -0.2) is 8.42 Å². The van der Waals surface area contributed by atoms with Crippen LogP contribution in [-0.2, 0) is 21.3 Å². The van der Waals surface area contributed by atoms with E-state index in [1.165, 1.54) is 39.9 Å². The van der Waals surface area contributed by atoms with E-state index in [1.807, 2.05) is 43.5 Å². The number of ether oxygens (including phenoxy) is 2. The number of morpholine rings is 1. The summed E-state index contributed by atoms with van der Waals surface area (Å²) in [5.41, 5.74) is 1.22. The van der Waals surface area contributed by atoms with E-state index in [9.17, 15) is 13.2 Å². The lowest BCUT2D eigenvalue weighted by Crippen LogP contribution is -2.48. The van der Waals surface area contributed by atoms with E-state index in [0.29, 0.717) is 30.0 Å². The number of carbonyl (C=O) groups is 1. The molecule has 1 saturated heterocycles. The quantitative estimate of drug-likeness (QED) is 0.549. The maximum Gasteiger partial charge on any atom is 0.279 e. The Morgan fingerprint density at radius 2 is 1.82 bits per heavy atom. The van der Waals surface area contributed by atoms with Gasteiger partial charge in [-0.1, -0.05) is 17.4 Å². The molecule has 0 spiro atoms. The van der Waals surface area contributed by atoms with Gasteiger partial charge in [0.1, 0.15) is 11.3 Å². The number of hydrogen-bond donors (Lipinski definition) is 0. The number of nitrogens with zero attached hydrogens (tertiary/aromatic N) is 3. The van der Waals surface area contributed by atoms with Crippen molar-refractivity contribution in [2.75, 3.05) is 20.2 Å². The van der Waals surface area contributed by atoms with Crippen LogP contribution in [0.15, 0.2) is 52.4 Å². The summed E-state index contributed by atoms with van der Waals surface area (Å²) in [5, 5.41) is 0. The largest absolute Gasteiger partial charge is 0.495 e. The van der Waals surface area contributed by atoms with Crippen LogP contribution in [0.4, 0.5) is 0 Å². The Balaban J connectivity index is 1.64. The zero-order valence-electron chi connectivity index (χ0n) is 19.0. The Morgan fingerprint density at radius 3 is 2.42 bits per heavy atom. The van der Waals surface area contributed by atoms with Crippen molar-refractivity contribution in [3.63, 3.8) is 0 Å². The van der Waals surface area contributed by atoms with Crippen molar-refractivity contribution < 1.29 is 22.7 Å². The van der Waals surface area contributed by atoms with Crippen molar-refractivity contribution in [3.8, 4) is 5.75 Å². The van der Waals surface area contributed by atoms with Crippen molar-refractivity contribution in [2.45, 2.75) is 44.4 Å². The number of carbonyl (C=O) groups excluding carboxylic acids is 1. The van der Waals surface area contributed by atoms with Crippen LogP contribution in [0.25, 0.3) is 10.2 Å². The lowest BCUT2D eigenvalue weighted by atomic mass is 10.2. The molecule has 4 rings (SSSR count). The molecule has 1 aliphatic heterocycles. The van der Waals surface area contributed by atoms with Crippen LogP contribution in [0.5, 0.6) is 5.75 Å². The fourth-order valence-electron chi connectivity index (χ4n) is 4.04. The standard InChI is InChI=1S/C23H27N3O5S2/c1-5-26-21-19(30-4)7-6-8-20(21)32-23(26)24-22(27)17-9-11-18(12-10-17)33(28,29)25-13-15(2)31-16(3)14-25/h6-12,15-16H,5,13-14H2,1-4H3/t15-,16-/m0/s1. The highest BCUT2D eigenvalue weighted by Gasteiger charge is 2.32. The van der Waals surface area contributed by atoms with Crippen LogP contribution in [0.1, 0.15) is 31.1 Å². The molecular weight excluding hydrogens is 462 g/mol. The topological polar surface area (TPSA) is 90.2 Å². The summed E-state index contributed by atoms with van der Waals surface area (Å²) in [4.78, 5) is 17.9. The van der Waals surface area contributed by atoms with Gasteiger partial charge in [0, 0.05) is 25.2 Å². The van der Waals surface area contributed by atoms with Crippen molar-refractivity contribution in [2.24, 2.45) is 4.99 Å². The van der Waals surface area contributed by atoms with E-state index in [-0.39, 0.29) is 17.1 Å². The highest BCUT2D eigenvalue weighted by atomic mass is 32.2. The van der Waals surface area contributed by atoms with Gasteiger partial charge in [0.15, 0.2) is 4.80 Å². The molecule has 0 aliphatic carbocycles. The van der Waals surface area contributed by atoms with E-state index < -0.39 is 15.9 Å². The van der Waals surface area contributed by atoms with Crippen molar-refractivity contribution in [3.05, 3.63) is 52.8 Å². The molecule has 1 aliphatic rings. The molecule has 0 saturated carbocycles. The summed E-state index contributed by atoms with van der Waals surface area (Å²) in [6.07, 6.45) is -0.346. The highest BCUT2D eigenvalue weighted by molar-refractivity contribution is 7.89. The molecule has 2 atom stereocenters. The number of amides is 1. The van der Waals surface area contributed by atoms with E-state index in [0.717, 1.165) is 16.0 Å². The van der Waals surface area contributed by atoms with Gasteiger partial charge in [0.05, 0.1) is 28.9 Å². The first-order valence-corrected chi connectivity index (χ1v) is 13.0. The first-order chi connectivity index (χ1) is 15.7. The van der Waals surface area contributed by atoms with Gasteiger partial charge in [-0.2, -0.15) is 9.30 Å². The zero-order valence-corrected chi connectivity index (χ0v) is 20.6. The number of thiazole rings is 1. The number of hydrogen-bond acceptors (Lipinski definition) is 6. The maximum atomic E-state index is 13.0. The van der Waals surface area contributed by atoms with Crippen molar-refractivity contribution >= 4 is 37.5 Å². The first-order valence-electron chi connectivity index (χ1n) is 10.8. The van der Waals surface area contributed by atoms with E-state index in [1.54, 1.807) is 7.11 Å². The Bertz CT molecular complexity index is 1330. The second-order valence-electron chi connectivity index (χ2n) is 7.96. The van der Waals surface area contributed by atoms with Gasteiger partial charge >= 0.3 is 0 Å². The third-order valence-electron chi connectivity index (χ3n) is 5.52. The molecule has 2 heterocycles. The summed E-state index contributed by atoms with van der Waals surface area (Å²) in [5.74, 6) is 0.293. The second-order valence-corrected chi connectivity index (χ2v) is 10.9. The van der Waals surface area contributed by atoms with E-state index in [4.69, 9.17) is 9.47 Å². The third-order valence-corrected chi connectivity index (χ3v) is 8.41. The Morgan fingerprint density at radius 1 is 1.15 bits per heavy atom. The zero-order chi connectivity index (χ0) is 23.8. The number of rotatable bonds is 5. The van der Waals surface area contributed by atoms with Gasteiger partial charge in [0.25, 0.3) is 5.91 Å². The molecule has 1 aromatic heterocycles. The average molecular weight is 490 g/mol. The van der Waals surface area contributed by atoms with Crippen LogP contribution < -0.4 is 9.54 Å². The molecule has 8 nitrogen and oxygen atoms in total. The number of sulfonamides is 1. The van der Waals surface area contributed by atoms with Crippen LogP contribution in [0, 0.1) is 0 Å². The monoisotopic (exact) mass is 489 g/mol. The van der Waals surface area contributed by atoms with Crippen LogP contribution >= 0.6 is 11.3 Å². The molecule has 1 fully saturated rings. The summed E-state index contributed by atoms with van der Waals surface area (Å²) >= 11 is 1.41. The SMILES string of the molecule is CCn1c(=NC(=O)c2ccc(S(=O)(=O)N3C[C@H](C)O[C@@H](C)C3)cc2)sc2cccc(OC)c21. The third kappa shape index (κ3) is 4.61. The van der Waals surface area contributed by atoms with Crippen molar-refractivity contribution in [1.82, 2.24) is 8.87 Å². The van der Waals surface area contributed by atoms with Gasteiger partial charge < -0.3 is 14.0 Å². The van der Waals surface area contributed by atoms with Crippen LogP contribution in [0.3, 0.4) is 0 Å². The summed E-state index contributed by atoms with van der Waals surface area (Å²) in [6.45, 7) is 6.92. The average Bonchev–Trinajstić information content (AvgIpc) is 3.15. The number of aryl methyl sites for hydroxylation is 1. The second kappa shape index (κ2) is 9.38. The minimum atomic E-state index is -3.67. The molecule has 0 bridgehead atoms. The van der Waals surface area contributed by atoms with E-state index in [2.05, 4.69) is 4.99 Å². The predicted molar refractivity (Wildman–Crippen MR) is 127 cm³/mol. The Kier molecular flexibility index (Phi) is 6.71.